The van der Waals surface area contributed by atoms with E-state index in [1.807, 2.05) is 41.3 Å². The molecule has 0 N–H and O–H groups in total. The number of hydrogen-bond donors (Lipinski definition) is 0. The van der Waals surface area contributed by atoms with Crippen molar-refractivity contribution in [3.63, 3.8) is 0 Å². The topological polar surface area (TPSA) is 49.9 Å². The van der Waals surface area contributed by atoms with Crippen molar-refractivity contribution < 1.29 is 14.3 Å². The summed E-state index contributed by atoms with van der Waals surface area (Å²) >= 11 is 5.90. The summed E-state index contributed by atoms with van der Waals surface area (Å²) < 4.78 is 5.87. The van der Waals surface area contributed by atoms with Crippen LogP contribution in [0.4, 0.5) is 0 Å². The molecule has 1 fully saturated rings. The number of benzene rings is 2. The summed E-state index contributed by atoms with van der Waals surface area (Å²) in [4.78, 5) is 28.0. The van der Waals surface area contributed by atoms with Crippen molar-refractivity contribution >= 4 is 23.4 Å². The SMILES string of the molecule is CN(CCN1CCCC1=O)C(=O)c1ccccc1OCc1ccc(Cl)cc1. The van der Waals surface area contributed by atoms with Gasteiger partial charge in [-0.25, -0.2) is 0 Å². The molecule has 6 heteroatoms. The van der Waals surface area contributed by atoms with Crippen LogP contribution < -0.4 is 4.74 Å². The number of carbonyl (C=O) groups is 2. The summed E-state index contributed by atoms with van der Waals surface area (Å²) in [5, 5.41) is 0.674. The van der Waals surface area contributed by atoms with Crippen LogP contribution in [0.3, 0.4) is 0 Å². The number of carbonyl (C=O) groups excluding carboxylic acids is 2. The van der Waals surface area contributed by atoms with Crippen LogP contribution in [0.25, 0.3) is 0 Å². The zero-order valence-corrected chi connectivity index (χ0v) is 16.1. The predicted octanol–water partition coefficient (Wildman–Crippen LogP) is 3.61. The van der Waals surface area contributed by atoms with E-state index in [2.05, 4.69) is 0 Å². The van der Waals surface area contributed by atoms with Gasteiger partial charge in [-0.3, -0.25) is 9.59 Å². The average Bonchev–Trinajstić information content (AvgIpc) is 3.10. The van der Waals surface area contributed by atoms with Crippen molar-refractivity contribution in [2.45, 2.75) is 19.4 Å². The predicted molar refractivity (Wildman–Crippen MR) is 105 cm³/mol. The highest BCUT2D eigenvalue weighted by Gasteiger charge is 2.22. The molecular weight excluding hydrogens is 364 g/mol. The maximum Gasteiger partial charge on any atom is 0.257 e. The summed E-state index contributed by atoms with van der Waals surface area (Å²) in [6.45, 7) is 2.19. The number of halogens is 1. The van der Waals surface area contributed by atoms with Crippen molar-refractivity contribution in [1.82, 2.24) is 9.80 Å². The van der Waals surface area contributed by atoms with Gasteiger partial charge in [0, 0.05) is 38.1 Å². The lowest BCUT2D eigenvalue weighted by Gasteiger charge is -2.22. The molecule has 0 aliphatic carbocycles. The first-order valence-electron chi connectivity index (χ1n) is 9.04. The molecule has 0 atom stereocenters. The highest BCUT2D eigenvalue weighted by molar-refractivity contribution is 6.30. The fraction of sp³-hybridized carbons (Fsp3) is 0.333. The molecule has 1 aliphatic rings. The van der Waals surface area contributed by atoms with Crippen LogP contribution in [-0.4, -0.2) is 48.3 Å². The Bertz CT molecular complexity index is 807. The molecule has 0 bridgehead atoms. The van der Waals surface area contributed by atoms with Crippen LogP contribution in [0.2, 0.25) is 5.02 Å². The number of likely N-dealkylation sites (N-methyl/N-ethyl adjacent to an activating group) is 1. The normalized spacial score (nSPS) is 13.7. The molecule has 0 spiro atoms. The Balaban J connectivity index is 1.62. The molecule has 1 saturated heterocycles. The summed E-state index contributed by atoms with van der Waals surface area (Å²) in [6.07, 6.45) is 1.51. The molecule has 2 aromatic carbocycles. The van der Waals surface area contributed by atoms with Crippen molar-refractivity contribution in [2.75, 3.05) is 26.7 Å². The molecule has 27 heavy (non-hydrogen) atoms. The van der Waals surface area contributed by atoms with Crippen LogP contribution in [0.5, 0.6) is 5.75 Å². The van der Waals surface area contributed by atoms with Gasteiger partial charge in [-0.05, 0) is 36.2 Å². The first kappa shape index (κ1) is 19.2. The van der Waals surface area contributed by atoms with Crippen molar-refractivity contribution in [3.05, 3.63) is 64.7 Å². The molecule has 3 rings (SSSR count). The van der Waals surface area contributed by atoms with Gasteiger partial charge >= 0.3 is 0 Å². The summed E-state index contributed by atoms with van der Waals surface area (Å²) in [6, 6.07) is 14.6. The number of nitrogens with zero attached hydrogens (tertiary/aromatic N) is 2. The van der Waals surface area contributed by atoms with Gasteiger partial charge in [0.2, 0.25) is 5.91 Å². The Morgan fingerprint density at radius 2 is 1.93 bits per heavy atom. The van der Waals surface area contributed by atoms with Gasteiger partial charge in [0.05, 0.1) is 5.56 Å². The van der Waals surface area contributed by atoms with Crippen molar-refractivity contribution in [3.8, 4) is 5.75 Å². The lowest BCUT2D eigenvalue weighted by molar-refractivity contribution is -0.127. The van der Waals surface area contributed by atoms with Gasteiger partial charge in [-0.1, -0.05) is 35.9 Å². The highest BCUT2D eigenvalue weighted by Crippen LogP contribution is 2.21. The van der Waals surface area contributed by atoms with E-state index in [-0.39, 0.29) is 11.8 Å². The minimum Gasteiger partial charge on any atom is -0.488 e. The maximum absolute atomic E-state index is 12.8. The Hall–Kier alpha value is -2.53. The standard InChI is InChI=1S/C21H23ClN2O3/c1-23(13-14-24-12-4-7-20(24)25)21(26)18-5-2-3-6-19(18)27-15-16-8-10-17(22)11-9-16/h2-3,5-6,8-11H,4,7,12-15H2,1H3. The number of amides is 2. The van der Waals surface area contributed by atoms with Crippen molar-refractivity contribution in [2.24, 2.45) is 0 Å². The molecule has 142 valence electrons. The second-order valence-corrected chi connectivity index (χ2v) is 7.06. The van der Waals surface area contributed by atoms with E-state index in [0.717, 1.165) is 18.5 Å². The minimum absolute atomic E-state index is 0.117. The van der Waals surface area contributed by atoms with Crippen LogP contribution in [0.1, 0.15) is 28.8 Å². The molecule has 1 heterocycles. The smallest absolute Gasteiger partial charge is 0.257 e. The van der Waals surface area contributed by atoms with E-state index in [4.69, 9.17) is 16.3 Å². The molecule has 1 aliphatic heterocycles. The molecule has 0 unspecified atom stereocenters. The Morgan fingerprint density at radius 3 is 2.63 bits per heavy atom. The van der Waals surface area contributed by atoms with Crippen LogP contribution in [0.15, 0.2) is 48.5 Å². The van der Waals surface area contributed by atoms with Crippen LogP contribution in [-0.2, 0) is 11.4 Å². The van der Waals surface area contributed by atoms with E-state index in [1.165, 1.54) is 0 Å². The van der Waals surface area contributed by atoms with Gasteiger partial charge in [0.1, 0.15) is 12.4 Å². The third kappa shape index (κ3) is 5.01. The van der Waals surface area contributed by atoms with Gasteiger partial charge in [0.15, 0.2) is 0 Å². The number of hydrogen-bond acceptors (Lipinski definition) is 3. The molecular formula is C21H23ClN2O3. The van der Waals surface area contributed by atoms with Gasteiger partial charge < -0.3 is 14.5 Å². The Kier molecular flexibility index (Phi) is 6.35. The van der Waals surface area contributed by atoms with E-state index >= 15 is 0 Å². The van der Waals surface area contributed by atoms with E-state index < -0.39 is 0 Å². The monoisotopic (exact) mass is 386 g/mol. The van der Waals surface area contributed by atoms with E-state index in [9.17, 15) is 9.59 Å². The fourth-order valence-electron chi connectivity index (χ4n) is 3.03. The molecule has 2 aromatic rings. The van der Waals surface area contributed by atoms with Crippen LogP contribution in [0, 0.1) is 0 Å². The lowest BCUT2D eigenvalue weighted by atomic mass is 10.1. The van der Waals surface area contributed by atoms with E-state index in [0.29, 0.717) is 42.5 Å². The largest absolute Gasteiger partial charge is 0.488 e. The number of likely N-dealkylation sites (tertiary alicyclic amines) is 1. The second-order valence-electron chi connectivity index (χ2n) is 6.62. The third-order valence-electron chi connectivity index (χ3n) is 4.65. The number of para-hydroxylation sites is 1. The van der Waals surface area contributed by atoms with Gasteiger partial charge in [0.25, 0.3) is 5.91 Å². The Labute approximate surface area is 164 Å². The molecule has 0 aromatic heterocycles. The fourth-order valence-corrected chi connectivity index (χ4v) is 3.16. The summed E-state index contributed by atoms with van der Waals surface area (Å²) in [5.41, 5.74) is 1.49. The maximum atomic E-state index is 12.8. The third-order valence-corrected chi connectivity index (χ3v) is 4.90. The van der Waals surface area contributed by atoms with E-state index in [1.54, 1.807) is 24.1 Å². The quantitative estimate of drug-likeness (QED) is 0.730. The molecule has 0 radical (unpaired) electrons. The average molecular weight is 387 g/mol. The summed E-state index contributed by atoms with van der Waals surface area (Å²) in [5.74, 6) is 0.595. The minimum atomic E-state index is -0.117. The van der Waals surface area contributed by atoms with Gasteiger partial charge in [-0.2, -0.15) is 0 Å². The summed E-state index contributed by atoms with van der Waals surface area (Å²) in [7, 11) is 1.75. The molecule has 0 saturated carbocycles. The highest BCUT2D eigenvalue weighted by atomic mass is 35.5. The van der Waals surface area contributed by atoms with Gasteiger partial charge in [-0.15, -0.1) is 0 Å². The Morgan fingerprint density at radius 1 is 1.19 bits per heavy atom. The first-order chi connectivity index (χ1) is 13.0. The first-order valence-corrected chi connectivity index (χ1v) is 9.42. The number of rotatable bonds is 7. The van der Waals surface area contributed by atoms with Crippen molar-refractivity contribution in [1.29, 1.82) is 0 Å². The zero-order valence-electron chi connectivity index (χ0n) is 15.4. The number of ether oxygens (including phenoxy) is 1. The molecule has 2 amide bonds. The van der Waals surface area contributed by atoms with Crippen LogP contribution >= 0.6 is 11.6 Å². The zero-order chi connectivity index (χ0) is 19.2. The molecule has 5 nitrogen and oxygen atoms in total. The lowest BCUT2D eigenvalue weighted by Crippen LogP contribution is -2.37. The second kappa shape index (κ2) is 8.91.